The lowest BCUT2D eigenvalue weighted by Crippen LogP contribution is -1.98. The molecule has 218 valence electrons. The van der Waals surface area contributed by atoms with E-state index < -0.39 is 0 Å². The fourth-order valence-electron chi connectivity index (χ4n) is 7.56. The molecule has 47 heavy (non-hydrogen) atoms. The van der Waals surface area contributed by atoms with E-state index in [2.05, 4.69) is 149 Å². The van der Waals surface area contributed by atoms with Crippen molar-refractivity contribution in [2.75, 3.05) is 0 Å². The monoisotopic (exact) mass is 599 g/mol. The van der Waals surface area contributed by atoms with Gasteiger partial charge >= 0.3 is 0 Å². The summed E-state index contributed by atoms with van der Waals surface area (Å²) in [6, 6.07) is 55.2. The predicted octanol–water partition coefficient (Wildman–Crippen LogP) is 11.3. The van der Waals surface area contributed by atoms with Gasteiger partial charge in [-0.15, -0.1) is 0 Å². The first-order valence-corrected chi connectivity index (χ1v) is 15.8. The molecule has 0 aliphatic heterocycles. The number of hydrogen-bond acceptors (Lipinski definition) is 2. The van der Waals surface area contributed by atoms with Crippen molar-refractivity contribution in [3.63, 3.8) is 0 Å². The molecule has 10 rings (SSSR count). The zero-order chi connectivity index (χ0) is 31.1. The fraction of sp³-hybridized carbons (Fsp3) is 0. The van der Waals surface area contributed by atoms with Crippen molar-refractivity contribution >= 4 is 65.6 Å². The van der Waals surface area contributed by atoms with Gasteiger partial charge in [-0.05, 0) is 54.6 Å². The van der Waals surface area contributed by atoms with Crippen LogP contribution in [0, 0.1) is 11.3 Å². The minimum absolute atomic E-state index is 0.601. The maximum atomic E-state index is 10.0. The summed E-state index contributed by atoms with van der Waals surface area (Å²) in [5.41, 5.74) is 10.6. The number of hydrogen-bond donors (Lipinski definition) is 0. The molecular formula is C43H25N3O. The van der Waals surface area contributed by atoms with Gasteiger partial charge in [0.05, 0.1) is 39.4 Å². The number of rotatable bonds is 3. The first-order chi connectivity index (χ1) is 23.3. The molecule has 3 aromatic heterocycles. The van der Waals surface area contributed by atoms with Crippen LogP contribution in [0.25, 0.3) is 88.1 Å². The smallest absolute Gasteiger partial charge is 0.160 e. The summed E-state index contributed by atoms with van der Waals surface area (Å²) in [4.78, 5) is 0. The quantitative estimate of drug-likeness (QED) is 0.203. The van der Waals surface area contributed by atoms with Crippen molar-refractivity contribution in [1.82, 2.24) is 9.13 Å². The molecule has 0 radical (unpaired) electrons. The van der Waals surface area contributed by atoms with Crippen LogP contribution in [0.4, 0.5) is 0 Å². The summed E-state index contributed by atoms with van der Waals surface area (Å²) in [7, 11) is 0. The molecule has 0 aliphatic rings. The van der Waals surface area contributed by atoms with Crippen molar-refractivity contribution in [3.05, 3.63) is 157 Å². The summed E-state index contributed by atoms with van der Waals surface area (Å²) in [6.45, 7) is 0. The Bertz CT molecular complexity index is 2860. The highest BCUT2D eigenvalue weighted by Gasteiger charge is 2.22. The van der Waals surface area contributed by atoms with Crippen LogP contribution in [-0.4, -0.2) is 9.13 Å². The average molecular weight is 600 g/mol. The molecule has 7 aromatic carbocycles. The number of fused-ring (bicyclic) bond motifs is 10. The number of nitriles is 1. The number of furan rings is 1. The van der Waals surface area contributed by atoms with E-state index in [9.17, 15) is 5.26 Å². The Labute approximate surface area is 269 Å². The molecule has 10 aromatic rings. The van der Waals surface area contributed by atoms with Gasteiger partial charge in [-0.25, -0.2) is 0 Å². The van der Waals surface area contributed by atoms with Gasteiger partial charge in [0.2, 0.25) is 0 Å². The molecule has 0 unspecified atom stereocenters. The number of aromatic nitrogens is 2. The van der Waals surface area contributed by atoms with Gasteiger partial charge in [0.15, 0.2) is 5.58 Å². The van der Waals surface area contributed by atoms with Crippen molar-refractivity contribution in [1.29, 1.82) is 5.26 Å². The molecule has 0 amide bonds. The number of benzene rings is 7. The summed E-state index contributed by atoms with van der Waals surface area (Å²) < 4.78 is 11.7. The standard InChI is InChI=1S/C43H25N3O/c44-26-27-21-24-40(46-38-19-8-4-13-29(38)30-14-5-9-20-39(30)46)36(25-27)34-17-10-16-33-35-23-22-32-31-15-6-7-18-37(31)45(28-11-2-1-3-12-28)41(32)43(35)47-42(33)34/h1-25H. The molecule has 4 heteroatoms. The second-order valence-corrected chi connectivity index (χ2v) is 12.0. The maximum Gasteiger partial charge on any atom is 0.160 e. The summed E-state index contributed by atoms with van der Waals surface area (Å²) >= 11 is 0. The SMILES string of the molecule is N#Cc1ccc(-n2c3ccccc3c3ccccc32)c(-c2cccc3c2oc2c3ccc3c4ccccc4n(-c4ccccc4)c32)c1. The number of nitrogens with zero attached hydrogens (tertiary/aromatic N) is 3. The van der Waals surface area contributed by atoms with E-state index in [1.54, 1.807) is 0 Å². The van der Waals surface area contributed by atoms with E-state index in [1.807, 2.05) is 18.2 Å². The van der Waals surface area contributed by atoms with E-state index in [4.69, 9.17) is 4.42 Å². The van der Waals surface area contributed by atoms with E-state index >= 15 is 0 Å². The van der Waals surface area contributed by atoms with E-state index in [0.717, 1.165) is 71.9 Å². The molecule has 0 bridgehead atoms. The van der Waals surface area contributed by atoms with Gasteiger partial charge < -0.3 is 13.6 Å². The Morgan fingerprint density at radius 1 is 0.447 bits per heavy atom. The Balaban J connectivity index is 1.33. The second-order valence-electron chi connectivity index (χ2n) is 12.0. The third kappa shape index (κ3) is 3.57. The van der Waals surface area contributed by atoms with Crippen LogP contribution in [0.2, 0.25) is 0 Å². The Morgan fingerprint density at radius 2 is 1.02 bits per heavy atom. The minimum Gasteiger partial charge on any atom is -0.453 e. The normalized spacial score (nSPS) is 11.8. The van der Waals surface area contributed by atoms with Gasteiger partial charge in [0, 0.05) is 49.1 Å². The predicted molar refractivity (Wildman–Crippen MR) is 193 cm³/mol. The zero-order valence-corrected chi connectivity index (χ0v) is 25.2. The van der Waals surface area contributed by atoms with Crippen LogP contribution in [0.5, 0.6) is 0 Å². The topological polar surface area (TPSA) is 46.8 Å². The van der Waals surface area contributed by atoms with Gasteiger partial charge in [-0.3, -0.25) is 0 Å². The lowest BCUT2D eigenvalue weighted by Gasteiger charge is -2.15. The van der Waals surface area contributed by atoms with E-state index in [0.29, 0.717) is 5.56 Å². The highest BCUT2D eigenvalue weighted by Crippen LogP contribution is 2.44. The first kappa shape index (κ1) is 25.7. The van der Waals surface area contributed by atoms with Gasteiger partial charge in [-0.2, -0.15) is 5.26 Å². The molecular weight excluding hydrogens is 574 g/mol. The van der Waals surface area contributed by atoms with Crippen molar-refractivity contribution in [2.24, 2.45) is 0 Å². The molecule has 0 atom stereocenters. The lowest BCUT2D eigenvalue weighted by molar-refractivity contribution is 0.672. The highest BCUT2D eigenvalue weighted by molar-refractivity contribution is 6.22. The van der Waals surface area contributed by atoms with E-state index in [-0.39, 0.29) is 0 Å². The van der Waals surface area contributed by atoms with Crippen LogP contribution in [-0.2, 0) is 0 Å². The zero-order valence-electron chi connectivity index (χ0n) is 25.2. The van der Waals surface area contributed by atoms with Crippen molar-refractivity contribution in [3.8, 4) is 28.6 Å². The van der Waals surface area contributed by atoms with Crippen LogP contribution in [0.15, 0.2) is 156 Å². The Morgan fingerprint density at radius 3 is 1.72 bits per heavy atom. The minimum atomic E-state index is 0.601. The second kappa shape index (κ2) is 9.71. The number of para-hydroxylation sites is 5. The van der Waals surface area contributed by atoms with Crippen LogP contribution in [0.3, 0.4) is 0 Å². The lowest BCUT2D eigenvalue weighted by atomic mass is 9.98. The molecule has 0 saturated heterocycles. The molecule has 0 spiro atoms. The van der Waals surface area contributed by atoms with Gasteiger partial charge in [0.25, 0.3) is 0 Å². The molecule has 3 heterocycles. The van der Waals surface area contributed by atoms with Gasteiger partial charge in [-0.1, -0.05) is 97.1 Å². The molecule has 0 fully saturated rings. The van der Waals surface area contributed by atoms with Crippen LogP contribution >= 0.6 is 0 Å². The highest BCUT2D eigenvalue weighted by atomic mass is 16.3. The summed E-state index contributed by atoms with van der Waals surface area (Å²) in [6.07, 6.45) is 0. The van der Waals surface area contributed by atoms with Crippen molar-refractivity contribution < 1.29 is 4.42 Å². The molecule has 0 aliphatic carbocycles. The Hall–Kier alpha value is -6.57. The van der Waals surface area contributed by atoms with Crippen LogP contribution < -0.4 is 0 Å². The Kier molecular flexibility index (Phi) is 5.32. The average Bonchev–Trinajstić information content (AvgIpc) is 3.80. The summed E-state index contributed by atoms with van der Waals surface area (Å²) in [5, 5.41) is 16.9. The van der Waals surface area contributed by atoms with Crippen molar-refractivity contribution in [2.45, 2.75) is 0 Å². The van der Waals surface area contributed by atoms with Crippen LogP contribution in [0.1, 0.15) is 5.56 Å². The van der Waals surface area contributed by atoms with E-state index in [1.165, 1.54) is 16.2 Å². The van der Waals surface area contributed by atoms with Gasteiger partial charge in [0.1, 0.15) is 5.58 Å². The molecule has 0 saturated carbocycles. The molecule has 0 N–H and O–H groups in total. The third-order valence-electron chi connectivity index (χ3n) is 9.55. The third-order valence-corrected chi connectivity index (χ3v) is 9.55. The maximum absolute atomic E-state index is 10.0. The fourth-order valence-corrected chi connectivity index (χ4v) is 7.56. The summed E-state index contributed by atoms with van der Waals surface area (Å²) in [5.74, 6) is 0. The largest absolute Gasteiger partial charge is 0.453 e. The molecule has 4 nitrogen and oxygen atoms in total. The first-order valence-electron chi connectivity index (χ1n) is 15.8.